The lowest BCUT2D eigenvalue weighted by molar-refractivity contribution is -0.686. The van der Waals surface area contributed by atoms with E-state index in [4.69, 9.17) is 20.8 Å². The standard InChI is InChI=1S/C22H16ClN3O3.BrH/c23-16-8-9-21(29-17-5-2-1-3-6-17)19(13-16)25-22(27)14-26-11-10-18(24-15-26)20-7-4-12-28-20;/h1-13,15H,14H2;1H/p+1. The van der Waals surface area contributed by atoms with Crippen molar-refractivity contribution in [2.45, 2.75) is 6.54 Å². The molecule has 0 aliphatic heterocycles. The number of rotatable bonds is 6. The van der Waals surface area contributed by atoms with Crippen LogP contribution in [0.1, 0.15) is 0 Å². The lowest BCUT2D eigenvalue weighted by Gasteiger charge is -2.12. The highest BCUT2D eigenvalue weighted by atomic mass is 79.9. The van der Waals surface area contributed by atoms with Gasteiger partial charge in [0.15, 0.2) is 18.1 Å². The minimum absolute atomic E-state index is 0. The molecule has 0 aliphatic rings. The van der Waals surface area contributed by atoms with Gasteiger partial charge in [-0.05, 0) is 47.4 Å². The fourth-order valence-electron chi connectivity index (χ4n) is 2.71. The number of hydrogen-bond donors (Lipinski definition) is 1. The summed E-state index contributed by atoms with van der Waals surface area (Å²) in [5.41, 5.74) is 1.19. The summed E-state index contributed by atoms with van der Waals surface area (Å²) in [6.07, 6.45) is 4.94. The second-order valence-corrected chi connectivity index (χ2v) is 6.64. The van der Waals surface area contributed by atoms with Gasteiger partial charge in [0.2, 0.25) is 5.69 Å². The van der Waals surface area contributed by atoms with E-state index < -0.39 is 0 Å². The highest BCUT2D eigenvalue weighted by molar-refractivity contribution is 8.93. The van der Waals surface area contributed by atoms with Crippen LogP contribution in [0.4, 0.5) is 5.69 Å². The molecule has 1 N–H and O–H groups in total. The van der Waals surface area contributed by atoms with Crippen LogP contribution in [-0.4, -0.2) is 10.9 Å². The van der Waals surface area contributed by atoms with Gasteiger partial charge in [-0.15, -0.1) is 17.0 Å². The predicted octanol–water partition coefficient (Wildman–Crippen LogP) is 5.29. The lowest BCUT2D eigenvalue weighted by Crippen LogP contribution is -2.40. The molecule has 152 valence electrons. The second kappa shape index (κ2) is 10.0. The highest BCUT2D eigenvalue weighted by Crippen LogP contribution is 2.32. The number of carbonyl (C=O) groups excluding carboxylic acids is 1. The largest absolute Gasteiger partial charge is 0.460 e. The van der Waals surface area contributed by atoms with Crippen molar-refractivity contribution in [1.29, 1.82) is 0 Å². The van der Waals surface area contributed by atoms with Crippen molar-refractivity contribution in [3.63, 3.8) is 0 Å². The zero-order valence-electron chi connectivity index (χ0n) is 15.7. The molecule has 4 aromatic rings. The van der Waals surface area contributed by atoms with E-state index in [1.807, 2.05) is 36.4 Å². The molecule has 0 unspecified atom stereocenters. The zero-order valence-corrected chi connectivity index (χ0v) is 18.2. The second-order valence-electron chi connectivity index (χ2n) is 6.20. The third kappa shape index (κ3) is 5.46. The molecule has 1 amide bonds. The number of furan rings is 1. The topological polar surface area (TPSA) is 68.2 Å². The van der Waals surface area contributed by atoms with E-state index in [0.29, 0.717) is 33.7 Å². The normalized spacial score (nSPS) is 10.2. The first-order valence-corrected chi connectivity index (χ1v) is 9.26. The Balaban J connectivity index is 0.00000256. The Morgan fingerprint density at radius 2 is 1.93 bits per heavy atom. The Kier molecular flexibility index (Phi) is 7.21. The van der Waals surface area contributed by atoms with Gasteiger partial charge in [0.25, 0.3) is 12.2 Å². The number of anilines is 1. The van der Waals surface area contributed by atoms with Crippen LogP contribution in [0, 0.1) is 0 Å². The Morgan fingerprint density at radius 3 is 2.63 bits per heavy atom. The van der Waals surface area contributed by atoms with Crippen molar-refractivity contribution in [1.82, 2.24) is 4.98 Å². The maximum Gasteiger partial charge on any atom is 0.287 e. The van der Waals surface area contributed by atoms with Crippen molar-refractivity contribution in [2.24, 2.45) is 0 Å². The maximum absolute atomic E-state index is 12.5. The van der Waals surface area contributed by atoms with Crippen LogP contribution in [0.15, 0.2) is 89.9 Å². The molecule has 2 aromatic heterocycles. The van der Waals surface area contributed by atoms with Gasteiger partial charge < -0.3 is 14.5 Å². The Morgan fingerprint density at radius 1 is 1.10 bits per heavy atom. The molecule has 6 nitrogen and oxygen atoms in total. The Bertz CT molecular complexity index is 1100. The maximum atomic E-state index is 12.5. The van der Waals surface area contributed by atoms with Gasteiger partial charge in [-0.2, -0.15) is 0 Å². The average Bonchev–Trinajstić information content (AvgIpc) is 3.26. The van der Waals surface area contributed by atoms with Crippen LogP contribution in [-0.2, 0) is 11.3 Å². The SMILES string of the molecule is Br.O=C(C[n+]1ccc(-c2ccco2)nc1)Nc1cc(Cl)ccc1Oc1ccccc1. The number of carbonyl (C=O) groups is 1. The first-order valence-electron chi connectivity index (χ1n) is 8.89. The molecule has 2 aromatic carbocycles. The summed E-state index contributed by atoms with van der Waals surface area (Å²) in [6.45, 7) is 0.0860. The number of amides is 1. The van der Waals surface area contributed by atoms with Gasteiger partial charge in [0.1, 0.15) is 5.75 Å². The summed E-state index contributed by atoms with van der Waals surface area (Å²) in [5.74, 6) is 1.61. The molecular formula is C22H18BrClN3O3+. The number of nitrogens with zero attached hydrogens (tertiary/aromatic N) is 2. The quantitative estimate of drug-likeness (QED) is 0.375. The van der Waals surface area contributed by atoms with Crippen molar-refractivity contribution in [3.8, 4) is 23.0 Å². The van der Waals surface area contributed by atoms with E-state index in [1.54, 1.807) is 53.7 Å². The minimum Gasteiger partial charge on any atom is -0.460 e. The highest BCUT2D eigenvalue weighted by Gasteiger charge is 2.14. The summed E-state index contributed by atoms with van der Waals surface area (Å²) >= 11 is 6.10. The molecule has 0 saturated carbocycles. The molecule has 8 heteroatoms. The van der Waals surface area contributed by atoms with Crippen molar-refractivity contribution in [3.05, 3.63) is 90.5 Å². The van der Waals surface area contributed by atoms with Gasteiger partial charge >= 0.3 is 0 Å². The zero-order chi connectivity index (χ0) is 20.1. The van der Waals surface area contributed by atoms with E-state index in [-0.39, 0.29) is 29.4 Å². The molecule has 0 bridgehead atoms. The van der Waals surface area contributed by atoms with Gasteiger partial charge in [-0.1, -0.05) is 29.8 Å². The smallest absolute Gasteiger partial charge is 0.287 e. The minimum atomic E-state index is -0.234. The first kappa shape index (κ1) is 21.5. The van der Waals surface area contributed by atoms with Crippen LogP contribution >= 0.6 is 28.6 Å². The van der Waals surface area contributed by atoms with Crippen LogP contribution in [0.2, 0.25) is 5.02 Å². The molecule has 0 saturated heterocycles. The fourth-order valence-corrected chi connectivity index (χ4v) is 2.88. The number of hydrogen-bond acceptors (Lipinski definition) is 4. The van der Waals surface area contributed by atoms with Gasteiger partial charge in [0.05, 0.1) is 18.1 Å². The van der Waals surface area contributed by atoms with E-state index in [2.05, 4.69) is 10.3 Å². The number of ether oxygens (including phenoxy) is 1. The number of nitrogens with one attached hydrogen (secondary N) is 1. The third-order valence-electron chi connectivity index (χ3n) is 4.06. The Hall–Kier alpha value is -3.16. The van der Waals surface area contributed by atoms with Gasteiger partial charge in [-0.3, -0.25) is 4.79 Å². The lowest BCUT2D eigenvalue weighted by atomic mass is 10.2. The monoisotopic (exact) mass is 486 g/mol. The Labute approximate surface area is 188 Å². The molecule has 0 atom stereocenters. The van der Waals surface area contributed by atoms with E-state index >= 15 is 0 Å². The van der Waals surface area contributed by atoms with Crippen LogP contribution in [0.3, 0.4) is 0 Å². The van der Waals surface area contributed by atoms with E-state index in [9.17, 15) is 4.79 Å². The molecule has 30 heavy (non-hydrogen) atoms. The third-order valence-corrected chi connectivity index (χ3v) is 4.29. The van der Waals surface area contributed by atoms with Crippen LogP contribution < -0.4 is 14.6 Å². The molecule has 0 spiro atoms. The summed E-state index contributed by atoms with van der Waals surface area (Å²) in [6, 6.07) is 19.8. The van der Waals surface area contributed by atoms with Crippen molar-refractivity contribution < 1.29 is 18.5 Å². The number of halogens is 2. The number of aromatic nitrogens is 2. The molecule has 0 aliphatic carbocycles. The number of benzene rings is 2. The van der Waals surface area contributed by atoms with Crippen molar-refractivity contribution in [2.75, 3.05) is 5.32 Å². The molecule has 0 fully saturated rings. The molecule has 0 radical (unpaired) electrons. The molecule has 2 heterocycles. The summed E-state index contributed by atoms with van der Waals surface area (Å²) in [5, 5.41) is 3.34. The van der Waals surface area contributed by atoms with Crippen LogP contribution in [0.5, 0.6) is 11.5 Å². The number of para-hydroxylation sites is 1. The van der Waals surface area contributed by atoms with Crippen molar-refractivity contribution >= 4 is 40.2 Å². The van der Waals surface area contributed by atoms with Gasteiger partial charge in [-0.25, -0.2) is 4.57 Å². The van der Waals surface area contributed by atoms with E-state index in [0.717, 1.165) is 0 Å². The fraction of sp³-hybridized carbons (Fsp3) is 0.0455. The van der Waals surface area contributed by atoms with Gasteiger partial charge in [0, 0.05) is 11.1 Å². The predicted molar refractivity (Wildman–Crippen MR) is 119 cm³/mol. The summed E-state index contributed by atoms with van der Waals surface area (Å²) in [4.78, 5) is 16.8. The van der Waals surface area contributed by atoms with Crippen LogP contribution in [0.25, 0.3) is 11.5 Å². The average molecular weight is 488 g/mol. The van der Waals surface area contributed by atoms with E-state index in [1.165, 1.54) is 0 Å². The first-order chi connectivity index (χ1) is 14.2. The summed E-state index contributed by atoms with van der Waals surface area (Å²) in [7, 11) is 0. The summed E-state index contributed by atoms with van der Waals surface area (Å²) < 4.78 is 12.9. The molecule has 4 rings (SSSR count). The molecular weight excluding hydrogens is 470 g/mol.